The molecule has 0 radical (unpaired) electrons. The fourth-order valence-electron chi connectivity index (χ4n) is 1.62. The first-order valence-electron chi connectivity index (χ1n) is 6.69. The molecule has 0 rings (SSSR count). The Morgan fingerprint density at radius 1 is 1.39 bits per heavy atom. The van der Waals surface area contributed by atoms with Crippen molar-refractivity contribution in [1.82, 2.24) is 0 Å². The van der Waals surface area contributed by atoms with Gasteiger partial charge < -0.3 is 9.63 Å². The fraction of sp³-hybridized carbons (Fsp3) is 0.714. The Balaban J connectivity index is 3.88. The van der Waals surface area contributed by atoms with Crippen LogP contribution in [0.2, 0.25) is 0 Å². The van der Waals surface area contributed by atoms with Gasteiger partial charge in [-0.15, -0.1) is 0 Å². The summed E-state index contributed by atoms with van der Waals surface area (Å²) in [4.78, 5) is 0. The van der Waals surface area contributed by atoms with E-state index >= 15 is 0 Å². The zero-order valence-corrected chi connectivity index (χ0v) is 14.1. The monoisotopic (exact) mass is 290 g/mol. The van der Waals surface area contributed by atoms with Gasteiger partial charge in [-0.05, 0) is 38.7 Å². The van der Waals surface area contributed by atoms with Crippen molar-refractivity contribution in [3.63, 3.8) is 0 Å². The molecule has 2 nitrogen and oxygen atoms in total. The molecule has 0 aromatic heterocycles. The lowest BCUT2D eigenvalue weighted by molar-refractivity contribution is 0.196. The quantitative estimate of drug-likeness (QED) is 0.361. The van der Waals surface area contributed by atoms with Crippen LogP contribution in [-0.4, -0.2) is 17.8 Å². The number of rotatable bonds is 10. The number of hydrogen-bond acceptors (Lipinski definition) is 2. The SMILES string of the molecule is CCCCC(O)/C(C)=C/CC/C(C)=C/COPP. The van der Waals surface area contributed by atoms with Crippen LogP contribution in [0, 0.1) is 0 Å². The van der Waals surface area contributed by atoms with Crippen molar-refractivity contribution in [3.05, 3.63) is 23.3 Å². The Morgan fingerprint density at radius 3 is 2.72 bits per heavy atom. The molecule has 0 fully saturated rings. The molecule has 106 valence electrons. The lowest BCUT2D eigenvalue weighted by Crippen LogP contribution is -2.07. The summed E-state index contributed by atoms with van der Waals surface area (Å²) in [5, 5.41) is 9.88. The third-order valence-electron chi connectivity index (χ3n) is 2.96. The Morgan fingerprint density at radius 2 is 2.11 bits per heavy atom. The van der Waals surface area contributed by atoms with E-state index in [0.717, 1.165) is 37.7 Å². The van der Waals surface area contributed by atoms with Gasteiger partial charge in [0.2, 0.25) is 0 Å². The molecule has 0 aliphatic carbocycles. The standard InChI is InChI=1S/C14H28O2P2/c1-4-5-9-14(15)13(3)8-6-7-12(2)10-11-16-18-17/h8,10,14-15,18H,4-7,9,11,17H2,1-3H3/b12-10+,13-8+. The maximum Gasteiger partial charge on any atom is 0.0747 e. The summed E-state index contributed by atoms with van der Waals surface area (Å²) < 4.78 is 5.27. The normalized spacial score (nSPS) is 15.6. The van der Waals surface area contributed by atoms with Crippen LogP contribution in [0.5, 0.6) is 0 Å². The van der Waals surface area contributed by atoms with Crippen LogP contribution in [0.25, 0.3) is 0 Å². The average molecular weight is 290 g/mol. The van der Waals surface area contributed by atoms with Crippen molar-refractivity contribution in [2.45, 2.75) is 59.0 Å². The van der Waals surface area contributed by atoms with Gasteiger partial charge in [-0.25, -0.2) is 0 Å². The maximum atomic E-state index is 9.88. The second-order valence-corrected chi connectivity index (χ2v) is 5.86. The zero-order chi connectivity index (χ0) is 13.8. The van der Waals surface area contributed by atoms with Gasteiger partial charge >= 0.3 is 0 Å². The van der Waals surface area contributed by atoms with Crippen LogP contribution in [0.15, 0.2) is 23.3 Å². The van der Waals surface area contributed by atoms with Crippen LogP contribution in [0.1, 0.15) is 52.9 Å². The van der Waals surface area contributed by atoms with Crippen molar-refractivity contribution in [2.24, 2.45) is 0 Å². The van der Waals surface area contributed by atoms with Crippen LogP contribution in [0.3, 0.4) is 0 Å². The van der Waals surface area contributed by atoms with Crippen LogP contribution < -0.4 is 0 Å². The molecule has 0 bridgehead atoms. The molecule has 3 unspecified atom stereocenters. The molecule has 0 saturated carbocycles. The van der Waals surface area contributed by atoms with Crippen molar-refractivity contribution < 1.29 is 9.63 Å². The third kappa shape index (κ3) is 10.2. The van der Waals surface area contributed by atoms with Gasteiger partial charge in [-0.3, -0.25) is 0 Å². The van der Waals surface area contributed by atoms with E-state index in [4.69, 9.17) is 4.52 Å². The maximum absolute atomic E-state index is 9.88. The van der Waals surface area contributed by atoms with Gasteiger partial charge in [0.15, 0.2) is 0 Å². The molecule has 0 aromatic carbocycles. The zero-order valence-electron chi connectivity index (χ0n) is 11.9. The molecule has 4 heteroatoms. The van der Waals surface area contributed by atoms with Gasteiger partial charge in [0.05, 0.1) is 12.7 Å². The lowest BCUT2D eigenvalue weighted by atomic mass is 10.0. The van der Waals surface area contributed by atoms with E-state index < -0.39 is 0 Å². The summed E-state index contributed by atoms with van der Waals surface area (Å²) in [5.41, 5.74) is 2.46. The molecule has 0 heterocycles. The summed E-state index contributed by atoms with van der Waals surface area (Å²) in [7, 11) is 3.05. The Hall–Kier alpha value is 0.260. The predicted molar refractivity (Wildman–Crippen MR) is 86.3 cm³/mol. The highest BCUT2D eigenvalue weighted by molar-refractivity contribution is 8.00. The van der Waals surface area contributed by atoms with E-state index in [1.54, 1.807) is 0 Å². The molecule has 0 saturated heterocycles. The van der Waals surface area contributed by atoms with Crippen LogP contribution in [-0.2, 0) is 4.52 Å². The number of hydrogen-bond donors (Lipinski definition) is 1. The van der Waals surface area contributed by atoms with E-state index in [9.17, 15) is 5.11 Å². The smallest absolute Gasteiger partial charge is 0.0747 e. The Bertz CT molecular complexity index is 263. The van der Waals surface area contributed by atoms with Crippen LogP contribution >= 0.6 is 17.4 Å². The minimum atomic E-state index is -0.254. The molecule has 1 N–H and O–H groups in total. The second kappa shape index (κ2) is 12.3. The first-order chi connectivity index (χ1) is 8.61. The highest BCUT2D eigenvalue weighted by atomic mass is 32.0. The van der Waals surface area contributed by atoms with Gasteiger partial charge in [-0.1, -0.05) is 46.4 Å². The highest BCUT2D eigenvalue weighted by Gasteiger charge is 2.04. The van der Waals surface area contributed by atoms with E-state index in [-0.39, 0.29) is 6.10 Å². The van der Waals surface area contributed by atoms with Gasteiger partial charge in [0.25, 0.3) is 0 Å². The molecular formula is C14H28O2P2. The highest BCUT2D eigenvalue weighted by Crippen LogP contribution is 2.21. The van der Waals surface area contributed by atoms with Crippen molar-refractivity contribution in [3.8, 4) is 0 Å². The first-order valence-corrected chi connectivity index (χ1v) is 9.41. The number of aliphatic hydroxyl groups is 1. The van der Waals surface area contributed by atoms with Gasteiger partial charge in [0.1, 0.15) is 0 Å². The lowest BCUT2D eigenvalue weighted by Gasteiger charge is -2.10. The second-order valence-electron chi connectivity index (χ2n) is 4.62. The minimum absolute atomic E-state index is 0.254. The summed E-state index contributed by atoms with van der Waals surface area (Å²) in [6.45, 7) is 7.01. The van der Waals surface area contributed by atoms with Gasteiger partial charge in [-0.2, -0.15) is 0 Å². The minimum Gasteiger partial charge on any atom is -0.389 e. The molecule has 0 aliphatic rings. The van der Waals surface area contributed by atoms with E-state index in [2.05, 4.69) is 34.9 Å². The van der Waals surface area contributed by atoms with E-state index in [0.29, 0.717) is 15.1 Å². The number of aliphatic hydroxyl groups excluding tert-OH is 1. The molecular weight excluding hydrogens is 262 g/mol. The van der Waals surface area contributed by atoms with E-state index in [1.807, 2.05) is 6.92 Å². The summed E-state index contributed by atoms with van der Waals surface area (Å²) in [5.74, 6) is 0. The first kappa shape index (κ1) is 18.3. The van der Waals surface area contributed by atoms with Crippen molar-refractivity contribution in [2.75, 3.05) is 6.61 Å². The van der Waals surface area contributed by atoms with Gasteiger partial charge in [0, 0.05) is 8.50 Å². The molecule has 0 amide bonds. The van der Waals surface area contributed by atoms with Crippen molar-refractivity contribution >= 4 is 17.4 Å². The van der Waals surface area contributed by atoms with E-state index in [1.165, 1.54) is 5.57 Å². The molecule has 0 spiro atoms. The Kier molecular flexibility index (Phi) is 12.5. The molecule has 0 aliphatic heterocycles. The average Bonchev–Trinajstić information content (AvgIpc) is 2.36. The topological polar surface area (TPSA) is 29.5 Å². The molecule has 18 heavy (non-hydrogen) atoms. The summed E-state index contributed by atoms with van der Waals surface area (Å²) in [6, 6.07) is 0. The number of unbranched alkanes of at least 4 members (excludes halogenated alkanes) is 1. The molecule has 3 atom stereocenters. The molecule has 0 aromatic rings. The summed E-state index contributed by atoms with van der Waals surface area (Å²) >= 11 is 0. The van der Waals surface area contributed by atoms with Crippen LogP contribution in [0.4, 0.5) is 0 Å². The Labute approximate surface area is 116 Å². The number of allylic oxidation sites excluding steroid dienone is 2. The van der Waals surface area contributed by atoms with Crippen molar-refractivity contribution in [1.29, 1.82) is 0 Å². The third-order valence-corrected chi connectivity index (χ3v) is 3.79. The fourth-order valence-corrected chi connectivity index (χ4v) is 2.09. The summed E-state index contributed by atoms with van der Waals surface area (Å²) in [6.07, 6.45) is 9.21. The largest absolute Gasteiger partial charge is 0.389 e. The predicted octanol–water partition coefficient (Wildman–Crippen LogP) is 4.61.